The lowest BCUT2D eigenvalue weighted by atomic mass is 9.94. The zero-order valence-corrected chi connectivity index (χ0v) is 8.35. The maximum atomic E-state index is 13.2. The summed E-state index contributed by atoms with van der Waals surface area (Å²) in [6.07, 6.45) is 0.635. The van der Waals surface area contributed by atoms with Crippen LogP contribution >= 0.6 is 0 Å². The minimum absolute atomic E-state index is 0.132. The van der Waals surface area contributed by atoms with Crippen molar-refractivity contribution in [2.45, 2.75) is 32.3 Å². The molecule has 78 valence electrons. The Morgan fingerprint density at radius 2 is 2.00 bits per heavy atom. The molecule has 0 spiro atoms. The molecule has 0 aliphatic heterocycles. The quantitative estimate of drug-likeness (QED) is 0.795. The highest BCUT2D eigenvalue weighted by Crippen LogP contribution is 2.19. The molecule has 0 aromatic heterocycles. The predicted octanol–water partition coefficient (Wildman–Crippen LogP) is 2.67. The topological polar surface area (TPSA) is 20.2 Å². The van der Waals surface area contributed by atoms with Crippen molar-refractivity contribution in [3.8, 4) is 0 Å². The van der Waals surface area contributed by atoms with E-state index in [9.17, 15) is 13.9 Å². The van der Waals surface area contributed by atoms with E-state index >= 15 is 0 Å². The molecule has 1 N–H and O–H groups in total. The van der Waals surface area contributed by atoms with E-state index in [2.05, 4.69) is 0 Å². The van der Waals surface area contributed by atoms with Crippen LogP contribution in [0, 0.1) is 11.6 Å². The Labute approximate surface area is 82.4 Å². The fourth-order valence-corrected chi connectivity index (χ4v) is 1.21. The summed E-state index contributed by atoms with van der Waals surface area (Å²) < 4.78 is 25.9. The lowest BCUT2D eigenvalue weighted by molar-refractivity contribution is 0.0555. The van der Waals surface area contributed by atoms with Gasteiger partial charge in [0, 0.05) is 6.42 Å². The summed E-state index contributed by atoms with van der Waals surface area (Å²) >= 11 is 0. The van der Waals surface area contributed by atoms with Crippen LogP contribution in [0.1, 0.15) is 25.8 Å². The van der Waals surface area contributed by atoms with Crippen LogP contribution in [-0.4, -0.2) is 10.7 Å². The van der Waals surface area contributed by atoms with Crippen molar-refractivity contribution < 1.29 is 13.9 Å². The van der Waals surface area contributed by atoms with Crippen LogP contribution in [0.15, 0.2) is 18.2 Å². The van der Waals surface area contributed by atoms with E-state index in [1.165, 1.54) is 0 Å². The Kier molecular flexibility index (Phi) is 3.21. The van der Waals surface area contributed by atoms with E-state index in [1.54, 1.807) is 13.8 Å². The van der Waals surface area contributed by atoms with Gasteiger partial charge in [-0.1, -0.05) is 6.92 Å². The Bertz CT molecular complexity index is 321. The van der Waals surface area contributed by atoms with Crippen LogP contribution in [0.5, 0.6) is 0 Å². The Balaban J connectivity index is 2.91. The summed E-state index contributed by atoms with van der Waals surface area (Å²) in [4.78, 5) is 0. The van der Waals surface area contributed by atoms with E-state index in [1.807, 2.05) is 0 Å². The summed E-state index contributed by atoms with van der Waals surface area (Å²) in [7, 11) is 0. The van der Waals surface area contributed by atoms with Gasteiger partial charge in [-0.2, -0.15) is 0 Å². The Morgan fingerprint density at radius 3 is 2.57 bits per heavy atom. The van der Waals surface area contributed by atoms with Gasteiger partial charge in [-0.05, 0) is 37.1 Å². The van der Waals surface area contributed by atoms with E-state index in [0.717, 1.165) is 18.2 Å². The smallest absolute Gasteiger partial charge is 0.126 e. The van der Waals surface area contributed by atoms with Crippen LogP contribution in [0.2, 0.25) is 0 Å². The van der Waals surface area contributed by atoms with E-state index in [-0.39, 0.29) is 12.0 Å². The second kappa shape index (κ2) is 4.05. The normalized spacial score (nSPS) is 15.2. The van der Waals surface area contributed by atoms with Crippen LogP contribution < -0.4 is 0 Å². The standard InChI is InChI=1S/C11H14F2O/c1-3-11(2,14)7-8-6-9(12)4-5-10(8)13/h4-6,14H,3,7H2,1-2H3. The second-order valence-electron chi connectivity index (χ2n) is 3.76. The van der Waals surface area contributed by atoms with Crippen molar-refractivity contribution in [3.63, 3.8) is 0 Å². The molecule has 0 saturated carbocycles. The molecule has 1 atom stereocenters. The van der Waals surface area contributed by atoms with Gasteiger partial charge in [-0.25, -0.2) is 8.78 Å². The number of hydrogen-bond donors (Lipinski definition) is 1. The largest absolute Gasteiger partial charge is 0.390 e. The van der Waals surface area contributed by atoms with Gasteiger partial charge < -0.3 is 5.11 Å². The maximum Gasteiger partial charge on any atom is 0.126 e. The fraction of sp³-hybridized carbons (Fsp3) is 0.455. The SMILES string of the molecule is CCC(C)(O)Cc1cc(F)ccc1F. The molecular weight excluding hydrogens is 186 g/mol. The first-order valence-corrected chi connectivity index (χ1v) is 4.61. The van der Waals surface area contributed by atoms with Crippen LogP contribution in [0.25, 0.3) is 0 Å². The van der Waals surface area contributed by atoms with Crippen molar-refractivity contribution in [2.75, 3.05) is 0 Å². The van der Waals surface area contributed by atoms with Gasteiger partial charge in [0.25, 0.3) is 0 Å². The highest BCUT2D eigenvalue weighted by molar-refractivity contribution is 5.20. The molecule has 1 nitrogen and oxygen atoms in total. The zero-order chi connectivity index (χ0) is 10.8. The first-order chi connectivity index (χ1) is 6.44. The van der Waals surface area contributed by atoms with Gasteiger partial charge in [0.05, 0.1) is 5.60 Å². The molecular formula is C11H14F2O. The molecule has 0 aliphatic rings. The predicted molar refractivity (Wildman–Crippen MR) is 51.0 cm³/mol. The van der Waals surface area contributed by atoms with E-state index in [4.69, 9.17) is 0 Å². The lowest BCUT2D eigenvalue weighted by Crippen LogP contribution is -2.26. The number of rotatable bonds is 3. The van der Waals surface area contributed by atoms with E-state index in [0.29, 0.717) is 6.42 Å². The van der Waals surface area contributed by atoms with Gasteiger partial charge in [0.2, 0.25) is 0 Å². The molecule has 0 aliphatic carbocycles. The maximum absolute atomic E-state index is 13.2. The summed E-state index contributed by atoms with van der Waals surface area (Å²) in [6, 6.07) is 3.27. The van der Waals surface area contributed by atoms with E-state index < -0.39 is 17.2 Å². The molecule has 0 saturated heterocycles. The number of aliphatic hydroxyl groups is 1. The summed E-state index contributed by atoms with van der Waals surface area (Å²) in [5.41, 5.74) is -0.758. The average Bonchev–Trinajstić information content (AvgIpc) is 2.11. The molecule has 1 unspecified atom stereocenters. The molecule has 1 rings (SSSR count). The zero-order valence-electron chi connectivity index (χ0n) is 8.35. The molecule has 0 fully saturated rings. The fourth-order valence-electron chi connectivity index (χ4n) is 1.21. The second-order valence-corrected chi connectivity index (χ2v) is 3.76. The first-order valence-electron chi connectivity index (χ1n) is 4.61. The number of benzene rings is 1. The third-order valence-corrected chi connectivity index (χ3v) is 2.34. The van der Waals surface area contributed by atoms with Gasteiger partial charge in [-0.15, -0.1) is 0 Å². The van der Waals surface area contributed by atoms with Gasteiger partial charge >= 0.3 is 0 Å². The Morgan fingerprint density at radius 1 is 1.36 bits per heavy atom. The highest BCUT2D eigenvalue weighted by atomic mass is 19.1. The Hall–Kier alpha value is -0.960. The van der Waals surface area contributed by atoms with Gasteiger partial charge in [-0.3, -0.25) is 0 Å². The van der Waals surface area contributed by atoms with Crippen molar-refractivity contribution in [1.29, 1.82) is 0 Å². The summed E-state index contributed by atoms with van der Waals surface area (Å²) in [6.45, 7) is 3.41. The molecule has 1 aromatic carbocycles. The number of halogens is 2. The van der Waals surface area contributed by atoms with Crippen LogP contribution in [0.4, 0.5) is 8.78 Å². The molecule has 0 heterocycles. The minimum Gasteiger partial charge on any atom is -0.390 e. The molecule has 1 aromatic rings. The molecule has 0 amide bonds. The average molecular weight is 200 g/mol. The van der Waals surface area contributed by atoms with Crippen molar-refractivity contribution in [2.24, 2.45) is 0 Å². The van der Waals surface area contributed by atoms with Gasteiger partial charge in [0.15, 0.2) is 0 Å². The van der Waals surface area contributed by atoms with Crippen LogP contribution in [-0.2, 0) is 6.42 Å². The van der Waals surface area contributed by atoms with Crippen molar-refractivity contribution in [3.05, 3.63) is 35.4 Å². The first kappa shape index (κ1) is 11.1. The molecule has 3 heteroatoms. The lowest BCUT2D eigenvalue weighted by Gasteiger charge is -2.21. The van der Waals surface area contributed by atoms with Crippen LogP contribution in [0.3, 0.4) is 0 Å². The minimum atomic E-state index is -0.978. The monoisotopic (exact) mass is 200 g/mol. The highest BCUT2D eigenvalue weighted by Gasteiger charge is 2.20. The third kappa shape index (κ3) is 2.77. The third-order valence-electron chi connectivity index (χ3n) is 2.34. The summed E-state index contributed by atoms with van der Waals surface area (Å²) in [5, 5.41) is 9.70. The summed E-state index contributed by atoms with van der Waals surface area (Å²) in [5.74, 6) is -0.951. The molecule has 14 heavy (non-hydrogen) atoms. The number of hydrogen-bond acceptors (Lipinski definition) is 1. The van der Waals surface area contributed by atoms with Gasteiger partial charge in [0.1, 0.15) is 11.6 Å². The molecule has 0 bridgehead atoms. The van der Waals surface area contributed by atoms with Crippen molar-refractivity contribution >= 4 is 0 Å². The molecule has 0 radical (unpaired) electrons. The van der Waals surface area contributed by atoms with Crippen molar-refractivity contribution in [1.82, 2.24) is 0 Å².